The van der Waals surface area contributed by atoms with Gasteiger partial charge in [-0.15, -0.1) is 0 Å². The number of aliphatic hydroxyl groups excluding tert-OH is 2. The molecule has 1 aromatic carbocycles. The third kappa shape index (κ3) is 9.11. The van der Waals surface area contributed by atoms with E-state index in [1.165, 1.54) is 0 Å². The van der Waals surface area contributed by atoms with Crippen molar-refractivity contribution >= 4 is 5.97 Å². The molecule has 1 aliphatic heterocycles. The van der Waals surface area contributed by atoms with Crippen molar-refractivity contribution in [1.29, 1.82) is 0 Å². The van der Waals surface area contributed by atoms with Crippen LogP contribution in [0.15, 0.2) is 54.6 Å². The minimum Gasteiger partial charge on any atom is -0.491 e. The van der Waals surface area contributed by atoms with Crippen molar-refractivity contribution in [2.75, 3.05) is 13.2 Å². The van der Waals surface area contributed by atoms with Crippen LogP contribution >= 0.6 is 0 Å². The van der Waals surface area contributed by atoms with E-state index >= 15 is 0 Å². The van der Waals surface area contributed by atoms with Gasteiger partial charge in [-0.1, -0.05) is 42.5 Å². The molecule has 6 heteroatoms. The van der Waals surface area contributed by atoms with Crippen molar-refractivity contribution in [2.45, 2.75) is 63.9 Å². The average molecular weight is 419 g/mol. The van der Waals surface area contributed by atoms with Gasteiger partial charge >= 0.3 is 5.97 Å². The van der Waals surface area contributed by atoms with Crippen molar-refractivity contribution in [3.8, 4) is 5.75 Å². The molecule has 0 spiro atoms. The van der Waals surface area contributed by atoms with Crippen molar-refractivity contribution in [1.82, 2.24) is 0 Å². The lowest BCUT2D eigenvalue weighted by Gasteiger charge is -2.17. The topological polar surface area (TPSA) is 85.2 Å². The van der Waals surface area contributed by atoms with Gasteiger partial charge in [0.1, 0.15) is 18.5 Å². The summed E-state index contributed by atoms with van der Waals surface area (Å²) in [7, 11) is 0. The van der Waals surface area contributed by atoms with Crippen LogP contribution in [-0.4, -0.2) is 53.8 Å². The Balaban J connectivity index is 1.70. The number of hydrogen-bond acceptors (Lipinski definition) is 6. The van der Waals surface area contributed by atoms with Gasteiger partial charge in [-0.05, 0) is 45.2 Å². The number of rotatable bonds is 12. The summed E-state index contributed by atoms with van der Waals surface area (Å²) in [5.41, 5.74) is 0. The molecule has 4 atom stereocenters. The Hall–Kier alpha value is -2.15. The highest BCUT2D eigenvalue weighted by Gasteiger charge is 2.33. The van der Waals surface area contributed by atoms with Gasteiger partial charge in [-0.25, -0.2) is 0 Å². The molecule has 6 nitrogen and oxygen atoms in total. The van der Waals surface area contributed by atoms with Gasteiger partial charge in [-0.2, -0.15) is 0 Å². The largest absolute Gasteiger partial charge is 0.491 e. The van der Waals surface area contributed by atoms with Gasteiger partial charge < -0.3 is 24.4 Å². The molecule has 1 aromatic rings. The van der Waals surface area contributed by atoms with E-state index in [-0.39, 0.29) is 30.7 Å². The van der Waals surface area contributed by atoms with Crippen LogP contribution in [0, 0.1) is 5.92 Å². The Kier molecular flexibility index (Phi) is 10.6. The monoisotopic (exact) mass is 418 g/mol. The summed E-state index contributed by atoms with van der Waals surface area (Å²) in [6, 6.07) is 9.33. The fourth-order valence-electron chi connectivity index (χ4n) is 3.27. The van der Waals surface area contributed by atoms with E-state index in [1.54, 1.807) is 6.08 Å². The van der Waals surface area contributed by atoms with Crippen LogP contribution in [-0.2, 0) is 14.3 Å². The molecule has 1 fully saturated rings. The number of ether oxygens (including phenoxy) is 3. The zero-order chi connectivity index (χ0) is 21.8. The molecule has 30 heavy (non-hydrogen) atoms. The molecule has 0 saturated carbocycles. The molecule has 1 saturated heterocycles. The highest BCUT2D eigenvalue weighted by Crippen LogP contribution is 2.27. The highest BCUT2D eigenvalue weighted by molar-refractivity contribution is 5.69. The summed E-state index contributed by atoms with van der Waals surface area (Å²) in [4.78, 5) is 11.5. The first kappa shape index (κ1) is 24.1. The van der Waals surface area contributed by atoms with E-state index in [4.69, 9.17) is 14.2 Å². The standard InChI is InChI=1S/C24H34O6/c1-18(2)30-24(27)13-9-4-3-8-12-21-22(26)17-29-23(21)15-14-19(25)16-28-20-10-6-5-7-11-20/h3-7,10-11,14-15,18-19,21-23,25-26H,8-9,12-13,16-17H2,1-2H3/b4-3-,15-14+/t19-,21+,22+,23-/m1/s1. The first-order chi connectivity index (χ1) is 14.5. The first-order valence-corrected chi connectivity index (χ1v) is 10.6. The molecule has 0 radical (unpaired) electrons. The van der Waals surface area contributed by atoms with Crippen LogP contribution in [0.2, 0.25) is 0 Å². The number of benzene rings is 1. The summed E-state index contributed by atoms with van der Waals surface area (Å²) in [6.45, 7) is 4.12. The van der Waals surface area contributed by atoms with E-state index in [9.17, 15) is 15.0 Å². The third-order valence-electron chi connectivity index (χ3n) is 4.78. The van der Waals surface area contributed by atoms with Crippen molar-refractivity contribution in [3.05, 3.63) is 54.6 Å². The molecule has 0 bridgehead atoms. The number of esters is 1. The van der Waals surface area contributed by atoms with Crippen molar-refractivity contribution in [3.63, 3.8) is 0 Å². The van der Waals surface area contributed by atoms with Crippen LogP contribution in [0.25, 0.3) is 0 Å². The molecule has 0 amide bonds. The molecule has 2 rings (SSSR count). The second-order valence-corrected chi connectivity index (χ2v) is 7.73. The van der Waals surface area contributed by atoms with Gasteiger partial charge in [0.15, 0.2) is 0 Å². The zero-order valence-electron chi connectivity index (χ0n) is 17.9. The number of para-hydroxylation sites is 1. The average Bonchev–Trinajstić information content (AvgIpc) is 3.07. The van der Waals surface area contributed by atoms with Crippen LogP contribution in [0.5, 0.6) is 5.75 Å². The third-order valence-corrected chi connectivity index (χ3v) is 4.78. The summed E-state index contributed by atoms with van der Waals surface area (Å²) >= 11 is 0. The molecule has 0 aromatic heterocycles. The van der Waals surface area contributed by atoms with Gasteiger partial charge in [0.05, 0.1) is 24.9 Å². The van der Waals surface area contributed by atoms with Crippen LogP contribution in [0.3, 0.4) is 0 Å². The van der Waals surface area contributed by atoms with Crippen LogP contribution in [0.1, 0.15) is 39.5 Å². The predicted molar refractivity (Wildman–Crippen MR) is 115 cm³/mol. The summed E-state index contributed by atoms with van der Waals surface area (Å²) < 4.78 is 16.3. The Bertz CT molecular complexity index is 670. The first-order valence-electron chi connectivity index (χ1n) is 10.6. The van der Waals surface area contributed by atoms with E-state index in [1.807, 2.05) is 62.4 Å². The maximum atomic E-state index is 11.5. The smallest absolute Gasteiger partial charge is 0.306 e. The lowest BCUT2D eigenvalue weighted by atomic mass is 9.93. The Morgan fingerprint density at radius 2 is 1.97 bits per heavy atom. The number of carbonyl (C=O) groups is 1. The van der Waals surface area contributed by atoms with Gasteiger partial charge in [-0.3, -0.25) is 4.79 Å². The van der Waals surface area contributed by atoms with Crippen LogP contribution in [0.4, 0.5) is 0 Å². The predicted octanol–water partition coefficient (Wildman–Crippen LogP) is 3.43. The molecular formula is C24H34O6. The molecule has 0 aliphatic carbocycles. The fraction of sp³-hybridized carbons (Fsp3) is 0.542. The minimum absolute atomic E-state index is 0.0287. The summed E-state index contributed by atoms with van der Waals surface area (Å²) in [5, 5.41) is 20.3. The van der Waals surface area contributed by atoms with E-state index in [2.05, 4.69) is 0 Å². The normalized spacial score (nSPS) is 22.8. The van der Waals surface area contributed by atoms with Crippen molar-refractivity contribution < 1.29 is 29.2 Å². The number of allylic oxidation sites excluding steroid dienone is 2. The van der Waals surface area contributed by atoms with E-state index in [0.29, 0.717) is 25.2 Å². The van der Waals surface area contributed by atoms with Crippen molar-refractivity contribution in [2.24, 2.45) is 5.92 Å². The maximum absolute atomic E-state index is 11.5. The van der Waals surface area contributed by atoms with Crippen LogP contribution < -0.4 is 4.74 Å². The molecule has 1 aliphatic rings. The van der Waals surface area contributed by atoms with Gasteiger partial charge in [0.2, 0.25) is 0 Å². The highest BCUT2D eigenvalue weighted by atomic mass is 16.5. The minimum atomic E-state index is -0.752. The maximum Gasteiger partial charge on any atom is 0.306 e. The fourth-order valence-corrected chi connectivity index (χ4v) is 3.27. The molecule has 1 heterocycles. The quantitative estimate of drug-likeness (QED) is 0.400. The number of aliphatic hydroxyl groups is 2. The molecule has 2 N–H and O–H groups in total. The SMILES string of the molecule is CC(C)OC(=O)CC/C=C\CC[C@H]1[C@@H](O)CO[C@@H]1/C=C/[C@@H](O)COc1ccccc1. The zero-order valence-corrected chi connectivity index (χ0v) is 17.9. The number of carbonyl (C=O) groups excluding carboxylic acids is 1. The summed E-state index contributed by atoms with van der Waals surface area (Å²) in [6.07, 6.45) is 8.44. The Morgan fingerprint density at radius 1 is 1.23 bits per heavy atom. The van der Waals surface area contributed by atoms with E-state index < -0.39 is 12.2 Å². The second kappa shape index (κ2) is 13.2. The lowest BCUT2D eigenvalue weighted by molar-refractivity contribution is -0.147. The Labute approximate surface area is 179 Å². The number of hydrogen-bond donors (Lipinski definition) is 2. The molecular weight excluding hydrogens is 384 g/mol. The van der Waals surface area contributed by atoms with Gasteiger partial charge in [0.25, 0.3) is 0 Å². The van der Waals surface area contributed by atoms with Gasteiger partial charge in [0, 0.05) is 12.3 Å². The lowest BCUT2D eigenvalue weighted by Crippen LogP contribution is -2.23. The second-order valence-electron chi connectivity index (χ2n) is 7.73. The molecule has 0 unspecified atom stereocenters. The Morgan fingerprint density at radius 3 is 2.70 bits per heavy atom. The molecule has 166 valence electrons. The summed E-state index contributed by atoms with van der Waals surface area (Å²) in [5.74, 6) is 0.493. The van der Waals surface area contributed by atoms with E-state index in [0.717, 1.165) is 12.8 Å².